The second-order valence-electron chi connectivity index (χ2n) is 3.21. The van der Waals surface area contributed by atoms with Gasteiger partial charge in [-0.3, -0.25) is 0 Å². The first-order chi connectivity index (χ1) is 5.19. The quantitative estimate of drug-likeness (QED) is 0.283. The number of hydrogen-bond acceptors (Lipinski definition) is 2. The monoisotopic (exact) mass is 175 g/mol. The second-order valence-corrected chi connectivity index (χ2v) is 3.93. The van der Waals surface area contributed by atoms with Crippen LogP contribution in [0.25, 0.3) is 0 Å². The SMILES string of the molecule is CC(=NO)C1(Cl)CCCCC1. The summed E-state index contributed by atoms with van der Waals surface area (Å²) in [5.74, 6) is 0. The zero-order valence-corrected chi connectivity index (χ0v) is 7.56. The maximum atomic E-state index is 8.56. The fourth-order valence-electron chi connectivity index (χ4n) is 1.56. The lowest BCUT2D eigenvalue weighted by Gasteiger charge is -2.29. The minimum absolute atomic E-state index is 0.340. The molecule has 2 nitrogen and oxygen atoms in total. The van der Waals surface area contributed by atoms with Crippen LogP contribution in [-0.2, 0) is 0 Å². The van der Waals surface area contributed by atoms with Crippen molar-refractivity contribution in [2.75, 3.05) is 0 Å². The molecule has 0 atom stereocenters. The summed E-state index contributed by atoms with van der Waals surface area (Å²) in [6.45, 7) is 1.79. The van der Waals surface area contributed by atoms with Gasteiger partial charge >= 0.3 is 0 Å². The van der Waals surface area contributed by atoms with E-state index in [1.165, 1.54) is 6.42 Å². The highest BCUT2D eigenvalue weighted by Gasteiger charge is 2.32. The Hall–Kier alpha value is -0.240. The fourth-order valence-corrected chi connectivity index (χ4v) is 1.87. The van der Waals surface area contributed by atoms with Gasteiger partial charge in [-0.25, -0.2) is 0 Å². The molecule has 1 aliphatic carbocycles. The molecule has 0 saturated heterocycles. The molecule has 0 aromatic rings. The molecule has 1 rings (SSSR count). The number of rotatable bonds is 1. The van der Waals surface area contributed by atoms with Crippen molar-refractivity contribution in [2.45, 2.75) is 43.9 Å². The molecule has 0 bridgehead atoms. The van der Waals surface area contributed by atoms with Crippen LogP contribution >= 0.6 is 11.6 Å². The average Bonchev–Trinajstić information content (AvgIpc) is 2.04. The zero-order valence-electron chi connectivity index (χ0n) is 6.81. The Labute approximate surface area is 72.2 Å². The van der Waals surface area contributed by atoms with Crippen LogP contribution in [0.1, 0.15) is 39.0 Å². The van der Waals surface area contributed by atoms with Gasteiger partial charge in [0.15, 0.2) is 0 Å². The Morgan fingerprint density at radius 1 is 1.36 bits per heavy atom. The van der Waals surface area contributed by atoms with E-state index in [0.29, 0.717) is 5.71 Å². The first kappa shape index (κ1) is 8.85. The van der Waals surface area contributed by atoms with E-state index in [2.05, 4.69) is 5.16 Å². The van der Waals surface area contributed by atoms with Crippen molar-refractivity contribution in [3.8, 4) is 0 Å². The first-order valence-corrected chi connectivity index (χ1v) is 4.45. The minimum Gasteiger partial charge on any atom is -0.411 e. The highest BCUT2D eigenvalue weighted by molar-refractivity contribution is 6.35. The van der Waals surface area contributed by atoms with Crippen molar-refractivity contribution in [3.63, 3.8) is 0 Å². The summed E-state index contributed by atoms with van der Waals surface area (Å²) in [5.41, 5.74) is 0.666. The highest BCUT2D eigenvalue weighted by atomic mass is 35.5. The number of nitrogens with zero attached hydrogens (tertiary/aromatic N) is 1. The maximum Gasteiger partial charge on any atom is 0.0857 e. The van der Waals surface area contributed by atoms with Crippen molar-refractivity contribution >= 4 is 17.3 Å². The second kappa shape index (κ2) is 3.44. The predicted molar refractivity (Wildman–Crippen MR) is 46.6 cm³/mol. The molecule has 3 heteroatoms. The normalized spacial score (nSPS) is 25.1. The van der Waals surface area contributed by atoms with E-state index in [4.69, 9.17) is 16.8 Å². The Kier molecular flexibility index (Phi) is 2.77. The van der Waals surface area contributed by atoms with Gasteiger partial charge in [0.05, 0.1) is 10.6 Å². The molecule has 0 heterocycles. The molecule has 0 aromatic heterocycles. The van der Waals surface area contributed by atoms with Crippen molar-refractivity contribution in [1.29, 1.82) is 0 Å². The van der Waals surface area contributed by atoms with Crippen molar-refractivity contribution in [3.05, 3.63) is 0 Å². The van der Waals surface area contributed by atoms with Crippen molar-refractivity contribution in [2.24, 2.45) is 5.16 Å². The molecule has 0 radical (unpaired) electrons. The smallest absolute Gasteiger partial charge is 0.0857 e. The van der Waals surface area contributed by atoms with E-state index >= 15 is 0 Å². The van der Waals surface area contributed by atoms with Crippen LogP contribution in [-0.4, -0.2) is 15.8 Å². The first-order valence-electron chi connectivity index (χ1n) is 4.07. The van der Waals surface area contributed by atoms with E-state index < -0.39 is 0 Å². The Morgan fingerprint density at radius 2 is 1.91 bits per heavy atom. The molecular weight excluding hydrogens is 162 g/mol. The van der Waals surface area contributed by atoms with Gasteiger partial charge in [-0.15, -0.1) is 11.6 Å². The zero-order chi connectivity index (χ0) is 8.32. The largest absolute Gasteiger partial charge is 0.411 e. The summed E-state index contributed by atoms with van der Waals surface area (Å²) >= 11 is 6.23. The summed E-state index contributed by atoms with van der Waals surface area (Å²) in [6.07, 6.45) is 5.45. The summed E-state index contributed by atoms with van der Waals surface area (Å²) in [6, 6.07) is 0. The van der Waals surface area contributed by atoms with E-state index in [1.807, 2.05) is 0 Å². The molecule has 1 saturated carbocycles. The number of hydrogen-bond donors (Lipinski definition) is 1. The Bertz CT molecular complexity index is 161. The van der Waals surface area contributed by atoms with E-state index in [1.54, 1.807) is 6.92 Å². The summed E-state index contributed by atoms with van der Waals surface area (Å²) < 4.78 is 0. The van der Waals surface area contributed by atoms with Gasteiger partial charge < -0.3 is 5.21 Å². The van der Waals surface area contributed by atoms with Gasteiger partial charge in [0.2, 0.25) is 0 Å². The van der Waals surface area contributed by atoms with Gasteiger partial charge in [-0.1, -0.05) is 24.4 Å². The molecule has 0 unspecified atom stereocenters. The molecular formula is C8H14ClNO. The lowest BCUT2D eigenvalue weighted by molar-refractivity contribution is 0.312. The standard InChI is InChI=1S/C8H14ClNO/c1-7(10-11)8(9)5-3-2-4-6-8/h11H,2-6H2,1H3. The molecule has 0 spiro atoms. The summed E-state index contributed by atoms with van der Waals surface area (Å²) in [4.78, 5) is -0.340. The van der Waals surface area contributed by atoms with Gasteiger partial charge in [-0.05, 0) is 19.8 Å². The average molecular weight is 176 g/mol. The number of oxime groups is 1. The number of alkyl halides is 1. The molecule has 1 aliphatic rings. The summed E-state index contributed by atoms with van der Waals surface area (Å²) in [7, 11) is 0. The lowest BCUT2D eigenvalue weighted by atomic mass is 9.85. The van der Waals surface area contributed by atoms with Crippen LogP contribution in [0, 0.1) is 0 Å². The third-order valence-corrected chi connectivity index (χ3v) is 3.10. The van der Waals surface area contributed by atoms with Crippen LogP contribution in [0.15, 0.2) is 5.16 Å². The van der Waals surface area contributed by atoms with Gasteiger partial charge in [0, 0.05) is 0 Å². The molecule has 0 aliphatic heterocycles. The predicted octanol–water partition coefficient (Wildman–Crippen LogP) is 2.78. The Morgan fingerprint density at radius 3 is 2.36 bits per heavy atom. The molecule has 0 aromatic carbocycles. The van der Waals surface area contributed by atoms with Crippen LogP contribution in [0.3, 0.4) is 0 Å². The molecule has 1 N–H and O–H groups in total. The van der Waals surface area contributed by atoms with E-state index in [9.17, 15) is 0 Å². The van der Waals surface area contributed by atoms with Crippen LogP contribution in [0.4, 0.5) is 0 Å². The molecule has 64 valence electrons. The topological polar surface area (TPSA) is 32.6 Å². The third-order valence-electron chi connectivity index (χ3n) is 2.44. The van der Waals surface area contributed by atoms with Crippen molar-refractivity contribution < 1.29 is 5.21 Å². The Balaban J connectivity index is 2.64. The van der Waals surface area contributed by atoms with Crippen LogP contribution < -0.4 is 0 Å². The maximum absolute atomic E-state index is 8.56. The van der Waals surface area contributed by atoms with Crippen LogP contribution in [0.5, 0.6) is 0 Å². The van der Waals surface area contributed by atoms with Gasteiger partial charge in [-0.2, -0.15) is 0 Å². The van der Waals surface area contributed by atoms with Crippen LogP contribution in [0.2, 0.25) is 0 Å². The number of halogens is 1. The van der Waals surface area contributed by atoms with Gasteiger partial charge in [0.25, 0.3) is 0 Å². The molecule has 1 fully saturated rings. The van der Waals surface area contributed by atoms with E-state index in [0.717, 1.165) is 25.7 Å². The summed E-state index contributed by atoms with van der Waals surface area (Å²) in [5, 5.41) is 11.7. The van der Waals surface area contributed by atoms with Gasteiger partial charge in [0.1, 0.15) is 0 Å². The highest BCUT2D eigenvalue weighted by Crippen LogP contribution is 2.35. The third kappa shape index (κ3) is 1.86. The van der Waals surface area contributed by atoms with E-state index in [-0.39, 0.29) is 4.87 Å². The molecule has 11 heavy (non-hydrogen) atoms. The van der Waals surface area contributed by atoms with Crippen molar-refractivity contribution in [1.82, 2.24) is 0 Å². The molecule has 0 amide bonds. The lowest BCUT2D eigenvalue weighted by Crippen LogP contribution is -2.32. The fraction of sp³-hybridized carbons (Fsp3) is 0.875. The minimum atomic E-state index is -0.340.